The Labute approximate surface area is 156 Å². The lowest BCUT2D eigenvalue weighted by Gasteiger charge is -2.38. The minimum atomic E-state index is -3.58. The van der Waals surface area contributed by atoms with Gasteiger partial charge in [-0.1, -0.05) is 30.3 Å². The molecule has 2 heterocycles. The number of nitrogens with zero attached hydrogens (tertiary/aromatic N) is 3. The van der Waals surface area contributed by atoms with Gasteiger partial charge in [-0.05, 0) is 19.0 Å². The second-order valence-electron chi connectivity index (χ2n) is 7.42. The number of amides is 1. The lowest BCUT2D eigenvalue weighted by atomic mass is 9.82. The molecule has 1 N–H and O–H groups in total. The standard InChI is InChI=1S/C18H28N4O3S/c1-20(2)26(24,25)19-11-18(23)22-10-9-17-16(13-22)15(12-21(17)3)14-7-5-4-6-8-14/h4-8,15-17,19H,9-13H2,1-3H3/t15-,16-,17-/m1/s1. The molecule has 1 aromatic rings. The number of hydrogen-bond donors (Lipinski definition) is 1. The van der Waals surface area contributed by atoms with Crippen molar-refractivity contribution < 1.29 is 13.2 Å². The highest BCUT2D eigenvalue weighted by atomic mass is 32.2. The first-order valence-electron chi connectivity index (χ1n) is 8.99. The average Bonchev–Trinajstić information content (AvgIpc) is 2.96. The number of piperidine rings is 1. The third-order valence-corrected chi connectivity index (χ3v) is 7.13. The highest BCUT2D eigenvalue weighted by Crippen LogP contribution is 2.40. The van der Waals surface area contributed by atoms with Gasteiger partial charge in [0.1, 0.15) is 0 Å². The molecule has 7 nitrogen and oxygen atoms in total. The van der Waals surface area contributed by atoms with Crippen molar-refractivity contribution in [3.05, 3.63) is 35.9 Å². The maximum absolute atomic E-state index is 12.5. The van der Waals surface area contributed by atoms with Crippen LogP contribution < -0.4 is 4.72 Å². The molecule has 2 aliphatic heterocycles. The molecule has 0 aromatic heterocycles. The summed E-state index contributed by atoms with van der Waals surface area (Å²) < 4.78 is 27.1. The number of likely N-dealkylation sites (N-methyl/N-ethyl adjacent to an activating group) is 1. The number of fused-ring (bicyclic) bond motifs is 1. The van der Waals surface area contributed by atoms with E-state index >= 15 is 0 Å². The van der Waals surface area contributed by atoms with Crippen LogP contribution in [-0.4, -0.2) is 81.8 Å². The van der Waals surface area contributed by atoms with E-state index in [2.05, 4.69) is 40.9 Å². The number of hydrogen-bond acceptors (Lipinski definition) is 4. The van der Waals surface area contributed by atoms with E-state index in [1.165, 1.54) is 19.7 Å². The van der Waals surface area contributed by atoms with Gasteiger partial charge < -0.3 is 9.80 Å². The van der Waals surface area contributed by atoms with Crippen molar-refractivity contribution in [3.8, 4) is 0 Å². The fourth-order valence-electron chi connectivity index (χ4n) is 4.17. The molecule has 0 radical (unpaired) electrons. The van der Waals surface area contributed by atoms with Crippen LogP contribution in [0.4, 0.5) is 0 Å². The summed E-state index contributed by atoms with van der Waals surface area (Å²) >= 11 is 0. The first-order chi connectivity index (χ1) is 12.3. The minimum absolute atomic E-state index is 0.157. The summed E-state index contributed by atoms with van der Waals surface area (Å²) in [5.41, 5.74) is 1.31. The van der Waals surface area contributed by atoms with Crippen LogP contribution in [0.2, 0.25) is 0 Å². The minimum Gasteiger partial charge on any atom is -0.341 e. The van der Waals surface area contributed by atoms with E-state index in [0.717, 1.165) is 17.3 Å². The SMILES string of the molecule is CN1C[C@H](c2ccccc2)[C@H]2CN(C(=O)CNS(=O)(=O)N(C)C)CC[C@H]21. The third-order valence-electron chi connectivity index (χ3n) is 5.65. The molecule has 3 rings (SSSR count). The van der Waals surface area contributed by atoms with Crippen molar-refractivity contribution in [2.45, 2.75) is 18.4 Å². The predicted molar refractivity (Wildman–Crippen MR) is 101 cm³/mol. The number of nitrogens with one attached hydrogen (secondary N) is 1. The van der Waals surface area contributed by atoms with Crippen LogP contribution in [0.25, 0.3) is 0 Å². The molecule has 8 heteroatoms. The highest BCUT2D eigenvalue weighted by molar-refractivity contribution is 7.87. The van der Waals surface area contributed by atoms with E-state index in [1.54, 1.807) is 0 Å². The van der Waals surface area contributed by atoms with Gasteiger partial charge in [-0.25, -0.2) is 0 Å². The average molecular weight is 381 g/mol. The zero-order valence-electron chi connectivity index (χ0n) is 15.6. The van der Waals surface area contributed by atoms with E-state index in [0.29, 0.717) is 31.0 Å². The fourth-order valence-corrected chi connectivity index (χ4v) is 4.73. The van der Waals surface area contributed by atoms with Gasteiger partial charge in [-0.2, -0.15) is 17.4 Å². The first kappa shape index (κ1) is 19.3. The van der Waals surface area contributed by atoms with E-state index in [9.17, 15) is 13.2 Å². The van der Waals surface area contributed by atoms with Crippen molar-refractivity contribution in [2.75, 3.05) is 47.3 Å². The summed E-state index contributed by atoms with van der Waals surface area (Å²) in [5.74, 6) is 0.626. The van der Waals surface area contributed by atoms with Crippen LogP contribution in [0.5, 0.6) is 0 Å². The first-order valence-corrected chi connectivity index (χ1v) is 10.4. The maximum atomic E-state index is 12.5. The predicted octanol–water partition coefficient (Wildman–Crippen LogP) is 0.329. The Balaban J connectivity index is 1.67. The molecule has 0 bridgehead atoms. The Morgan fingerprint density at radius 2 is 1.92 bits per heavy atom. The van der Waals surface area contributed by atoms with Crippen LogP contribution in [0.15, 0.2) is 30.3 Å². The second kappa shape index (κ2) is 7.64. The van der Waals surface area contributed by atoms with E-state index in [1.807, 2.05) is 11.0 Å². The lowest BCUT2D eigenvalue weighted by molar-refractivity contribution is -0.132. The fraction of sp³-hybridized carbons (Fsp3) is 0.611. The Hall–Kier alpha value is -1.48. The zero-order chi connectivity index (χ0) is 18.9. The molecule has 1 aromatic carbocycles. The van der Waals surface area contributed by atoms with Gasteiger partial charge in [0.15, 0.2) is 0 Å². The van der Waals surface area contributed by atoms with Crippen molar-refractivity contribution in [1.29, 1.82) is 0 Å². The van der Waals surface area contributed by atoms with Crippen LogP contribution in [0.3, 0.4) is 0 Å². The summed E-state index contributed by atoms with van der Waals surface area (Å²) in [7, 11) is 1.45. The number of benzene rings is 1. The smallest absolute Gasteiger partial charge is 0.279 e. The van der Waals surface area contributed by atoms with Crippen molar-refractivity contribution in [1.82, 2.24) is 18.8 Å². The van der Waals surface area contributed by atoms with Crippen LogP contribution in [0.1, 0.15) is 17.9 Å². The molecule has 0 saturated carbocycles. The van der Waals surface area contributed by atoms with Crippen molar-refractivity contribution in [2.24, 2.45) is 5.92 Å². The zero-order valence-corrected chi connectivity index (χ0v) is 16.4. The van der Waals surface area contributed by atoms with Gasteiger partial charge in [0.25, 0.3) is 10.2 Å². The van der Waals surface area contributed by atoms with Gasteiger partial charge in [0.2, 0.25) is 5.91 Å². The number of likely N-dealkylation sites (tertiary alicyclic amines) is 2. The van der Waals surface area contributed by atoms with Crippen molar-refractivity contribution >= 4 is 16.1 Å². The van der Waals surface area contributed by atoms with Crippen LogP contribution in [0, 0.1) is 5.92 Å². The van der Waals surface area contributed by atoms with Gasteiger partial charge in [0.05, 0.1) is 6.54 Å². The molecule has 2 fully saturated rings. The van der Waals surface area contributed by atoms with Crippen molar-refractivity contribution in [3.63, 3.8) is 0 Å². The Kier molecular flexibility index (Phi) is 5.67. The van der Waals surface area contributed by atoms with E-state index in [-0.39, 0.29) is 12.5 Å². The maximum Gasteiger partial charge on any atom is 0.279 e. The molecule has 0 unspecified atom stereocenters. The van der Waals surface area contributed by atoms with Gasteiger partial charge >= 0.3 is 0 Å². The molecule has 144 valence electrons. The molecule has 26 heavy (non-hydrogen) atoms. The summed E-state index contributed by atoms with van der Waals surface area (Å²) in [5, 5.41) is 0. The van der Waals surface area contributed by atoms with Gasteiger partial charge in [-0.15, -0.1) is 0 Å². The summed E-state index contributed by atoms with van der Waals surface area (Å²) in [4.78, 5) is 16.8. The monoisotopic (exact) mass is 380 g/mol. The van der Waals surface area contributed by atoms with Crippen LogP contribution >= 0.6 is 0 Å². The number of carbonyl (C=O) groups is 1. The Bertz CT molecular complexity index is 738. The number of carbonyl (C=O) groups excluding carboxylic acids is 1. The molecule has 0 spiro atoms. The lowest BCUT2D eigenvalue weighted by Crippen LogP contribution is -2.51. The highest BCUT2D eigenvalue weighted by Gasteiger charge is 2.44. The molecular formula is C18H28N4O3S. The normalized spacial score (nSPS) is 26.9. The number of rotatable bonds is 5. The molecule has 1 amide bonds. The quantitative estimate of drug-likeness (QED) is 0.799. The molecule has 2 aliphatic rings. The van der Waals surface area contributed by atoms with E-state index < -0.39 is 10.2 Å². The molecule has 3 atom stereocenters. The third kappa shape index (κ3) is 3.93. The van der Waals surface area contributed by atoms with E-state index in [4.69, 9.17) is 0 Å². The molecule has 0 aliphatic carbocycles. The Morgan fingerprint density at radius 1 is 1.23 bits per heavy atom. The summed E-state index contributed by atoms with van der Waals surface area (Å²) in [6.45, 7) is 2.16. The second-order valence-corrected chi connectivity index (χ2v) is 9.39. The summed E-state index contributed by atoms with van der Waals surface area (Å²) in [6, 6.07) is 10.9. The molecular weight excluding hydrogens is 352 g/mol. The van der Waals surface area contributed by atoms with Gasteiger partial charge in [0, 0.05) is 51.6 Å². The molecule has 2 saturated heterocycles. The largest absolute Gasteiger partial charge is 0.341 e. The summed E-state index contributed by atoms with van der Waals surface area (Å²) in [6.07, 6.45) is 0.927. The Morgan fingerprint density at radius 3 is 2.58 bits per heavy atom. The topological polar surface area (TPSA) is 73.0 Å². The van der Waals surface area contributed by atoms with Crippen LogP contribution in [-0.2, 0) is 15.0 Å². The van der Waals surface area contributed by atoms with Gasteiger partial charge in [-0.3, -0.25) is 4.79 Å².